The summed E-state index contributed by atoms with van der Waals surface area (Å²) in [7, 11) is -2.26. The first-order valence-electron chi connectivity index (χ1n) is 12.4. The molecule has 37 heavy (non-hydrogen) atoms. The smallest absolute Gasteiger partial charge is 0.264 e. The van der Waals surface area contributed by atoms with E-state index in [1.807, 2.05) is 30.3 Å². The number of nitrogens with one attached hydrogen (secondary N) is 1. The summed E-state index contributed by atoms with van der Waals surface area (Å²) in [6.45, 7) is 6.09. The largest absolute Gasteiger partial charge is 0.496 e. The molecule has 0 aromatic heterocycles. The lowest BCUT2D eigenvalue weighted by Crippen LogP contribution is -2.37. The van der Waals surface area contributed by atoms with Crippen molar-refractivity contribution in [2.45, 2.75) is 23.8 Å². The Morgan fingerprint density at radius 1 is 1.05 bits per heavy atom. The Hall–Kier alpha value is -3.62. The summed E-state index contributed by atoms with van der Waals surface area (Å²) < 4.78 is 33.9. The number of hydrogen-bond donors (Lipinski definition) is 1. The van der Waals surface area contributed by atoms with E-state index >= 15 is 0 Å². The van der Waals surface area contributed by atoms with Gasteiger partial charge in [0.1, 0.15) is 5.75 Å². The number of benzene rings is 3. The summed E-state index contributed by atoms with van der Waals surface area (Å²) in [5, 5.41) is 3.03. The SMILES string of the molecule is C=CCN(c1ccccc1)S(=O)(=O)c1cccc(C(=O)NC[C@@H](c2ccccc2OC)N2CCCC2)c1. The van der Waals surface area contributed by atoms with E-state index in [1.165, 1.54) is 22.5 Å². The molecule has 1 aliphatic rings. The lowest BCUT2D eigenvalue weighted by Gasteiger charge is -2.29. The summed E-state index contributed by atoms with van der Waals surface area (Å²) in [5.41, 5.74) is 1.84. The molecule has 3 aromatic rings. The molecular weight excluding hydrogens is 486 g/mol. The molecule has 3 aromatic carbocycles. The van der Waals surface area contributed by atoms with E-state index in [1.54, 1.807) is 43.5 Å². The minimum absolute atomic E-state index is 0.0457. The molecule has 0 spiro atoms. The maximum absolute atomic E-state index is 13.5. The molecular formula is C29H33N3O4S. The van der Waals surface area contributed by atoms with E-state index in [2.05, 4.69) is 16.8 Å². The molecule has 1 aliphatic heterocycles. The summed E-state index contributed by atoms with van der Waals surface area (Å²) in [6, 6.07) is 22.8. The second-order valence-corrected chi connectivity index (χ2v) is 10.8. The van der Waals surface area contributed by atoms with Gasteiger partial charge in [0.25, 0.3) is 15.9 Å². The van der Waals surface area contributed by atoms with Gasteiger partial charge in [-0.15, -0.1) is 6.58 Å². The number of carbonyl (C=O) groups excluding carboxylic acids is 1. The number of para-hydroxylation sites is 2. The Morgan fingerprint density at radius 3 is 2.46 bits per heavy atom. The zero-order valence-electron chi connectivity index (χ0n) is 21.0. The Bertz CT molecular complexity index is 1320. The van der Waals surface area contributed by atoms with Crippen LogP contribution in [0, 0.1) is 0 Å². The first-order valence-corrected chi connectivity index (χ1v) is 13.8. The first kappa shape index (κ1) is 26.4. The van der Waals surface area contributed by atoms with Crippen LogP contribution < -0.4 is 14.4 Å². The van der Waals surface area contributed by atoms with Gasteiger partial charge in [-0.2, -0.15) is 0 Å². The van der Waals surface area contributed by atoms with E-state index in [-0.39, 0.29) is 29.0 Å². The number of carbonyl (C=O) groups is 1. The van der Waals surface area contributed by atoms with Crippen LogP contribution in [0.25, 0.3) is 0 Å². The highest BCUT2D eigenvalue weighted by atomic mass is 32.2. The number of methoxy groups -OCH3 is 1. The molecule has 7 nitrogen and oxygen atoms in total. The molecule has 0 saturated carbocycles. The molecule has 1 fully saturated rings. The standard InChI is InChI=1S/C29H33N3O4S/c1-3-18-32(24-13-5-4-6-14-24)37(34,35)25-15-11-12-23(21-25)29(33)30-22-27(31-19-9-10-20-31)26-16-7-8-17-28(26)36-2/h3-8,11-17,21,27H,1,9-10,18-20,22H2,2H3,(H,30,33)/t27-/m0/s1. The fourth-order valence-electron chi connectivity index (χ4n) is 4.70. The number of sulfonamides is 1. The van der Waals surface area contributed by atoms with Crippen molar-refractivity contribution in [2.24, 2.45) is 0 Å². The molecule has 1 N–H and O–H groups in total. The van der Waals surface area contributed by atoms with Gasteiger partial charge in [-0.1, -0.05) is 48.5 Å². The normalized spacial score (nSPS) is 14.6. The van der Waals surface area contributed by atoms with Crippen molar-refractivity contribution in [1.29, 1.82) is 0 Å². The van der Waals surface area contributed by atoms with Gasteiger partial charge in [0.15, 0.2) is 0 Å². The fourth-order valence-corrected chi connectivity index (χ4v) is 6.18. The molecule has 8 heteroatoms. The van der Waals surface area contributed by atoms with Gasteiger partial charge in [0, 0.05) is 17.7 Å². The van der Waals surface area contributed by atoms with Crippen molar-refractivity contribution in [1.82, 2.24) is 10.2 Å². The van der Waals surface area contributed by atoms with E-state index < -0.39 is 10.0 Å². The summed E-state index contributed by atoms with van der Waals surface area (Å²) in [5.74, 6) is 0.455. The summed E-state index contributed by atoms with van der Waals surface area (Å²) >= 11 is 0. The zero-order valence-corrected chi connectivity index (χ0v) is 21.9. The molecule has 1 amide bonds. The van der Waals surface area contributed by atoms with E-state index in [9.17, 15) is 13.2 Å². The Labute approximate surface area is 219 Å². The lowest BCUT2D eigenvalue weighted by atomic mass is 10.0. The zero-order chi connectivity index (χ0) is 26.3. The van der Waals surface area contributed by atoms with Gasteiger partial charge in [-0.05, 0) is 62.3 Å². The summed E-state index contributed by atoms with van der Waals surface area (Å²) in [6.07, 6.45) is 3.77. The molecule has 4 rings (SSSR count). The highest BCUT2D eigenvalue weighted by Gasteiger charge is 2.28. The van der Waals surface area contributed by atoms with Gasteiger partial charge in [0.2, 0.25) is 0 Å². The van der Waals surface area contributed by atoms with Crippen molar-refractivity contribution in [3.63, 3.8) is 0 Å². The van der Waals surface area contributed by atoms with Crippen molar-refractivity contribution in [3.8, 4) is 5.75 Å². The highest BCUT2D eigenvalue weighted by molar-refractivity contribution is 7.92. The molecule has 1 heterocycles. The molecule has 0 bridgehead atoms. The third-order valence-corrected chi connectivity index (χ3v) is 8.35. The number of rotatable bonds is 11. The highest BCUT2D eigenvalue weighted by Crippen LogP contribution is 2.31. The van der Waals surface area contributed by atoms with Crippen LogP contribution in [0.5, 0.6) is 5.75 Å². The predicted octanol–water partition coefficient (Wildman–Crippen LogP) is 4.64. The van der Waals surface area contributed by atoms with Gasteiger partial charge in [0.05, 0.1) is 30.3 Å². The fraction of sp³-hybridized carbons (Fsp3) is 0.276. The van der Waals surface area contributed by atoms with Crippen molar-refractivity contribution in [2.75, 3.05) is 37.6 Å². The maximum Gasteiger partial charge on any atom is 0.264 e. The Balaban J connectivity index is 1.56. The molecule has 194 valence electrons. The van der Waals surface area contributed by atoms with Crippen molar-refractivity contribution < 1.29 is 17.9 Å². The van der Waals surface area contributed by atoms with Crippen LogP contribution in [0.15, 0.2) is 96.4 Å². The van der Waals surface area contributed by atoms with Crippen LogP contribution in [0.2, 0.25) is 0 Å². The minimum Gasteiger partial charge on any atom is -0.496 e. The van der Waals surface area contributed by atoms with Gasteiger partial charge < -0.3 is 10.1 Å². The second-order valence-electron chi connectivity index (χ2n) is 8.90. The van der Waals surface area contributed by atoms with Crippen LogP contribution in [-0.4, -0.2) is 52.5 Å². The van der Waals surface area contributed by atoms with Crippen LogP contribution in [0.4, 0.5) is 5.69 Å². The average molecular weight is 520 g/mol. The molecule has 0 unspecified atom stereocenters. The van der Waals surface area contributed by atoms with E-state index in [4.69, 9.17) is 4.74 Å². The molecule has 1 atom stereocenters. The quantitative estimate of drug-likeness (QED) is 0.373. The van der Waals surface area contributed by atoms with E-state index in [0.717, 1.165) is 37.2 Å². The Morgan fingerprint density at radius 2 is 1.76 bits per heavy atom. The first-order chi connectivity index (χ1) is 18.0. The third-order valence-electron chi connectivity index (χ3n) is 6.56. The monoisotopic (exact) mass is 519 g/mol. The third kappa shape index (κ3) is 6.03. The van der Waals surface area contributed by atoms with Crippen LogP contribution in [0.1, 0.15) is 34.8 Å². The number of nitrogens with zero attached hydrogens (tertiary/aromatic N) is 2. The van der Waals surface area contributed by atoms with E-state index in [0.29, 0.717) is 12.2 Å². The lowest BCUT2D eigenvalue weighted by molar-refractivity contribution is 0.0937. The van der Waals surface area contributed by atoms with Crippen LogP contribution in [-0.2, 0) is 10.0 Å². The van der Waals surface area contributed by atoms with Crippen LogP contribution in [0.3, 0.4) is 0 Å². The number of hydrogen-bond acceptors (Lipinski definition) is 5. The topological polar surface area (TPSA) is 79.0 Å². The maximum atomic E-state index is 13.5. The molecule has 1 saturated heterocycles. The average Bonchev–Trinajstić information content (AvgIpc) is 3.47. The molecule has 0 aliphatic carbocycles. The number of likely N-dealkylation sites (tertiary alicyclic amines) is 1. The van der Waals surface area contributed by atoms with Gasteiger partial charge >= 0.3 is 0 Å². The predicted molar refractivity (Wildman–Crippen MR) is 146 cm³/mol. The van der Waals surface area contributed by atoms with Gasteiger partial charge in [-0.25, -0.2) is 8.42 Å². The molecule has 0 radical (unpaired) electrons. The number of anilines is 1. The van der Waals surface area contributed by atoms with Crippen molar-refractivity contribution >= 4 is 21.6 Å². The number of ether oxygens (including phenoxy) is 1. The number of amides is 1. The Kier molecular flexibility index (Phi) is 8.63. The van der Waals surface area contributed by atoms with Gasteiger partial charge in [-0.3, -0.25) is 14.0 Å². The van der Waals surface area contributed by atoms with Crippen LogP contribution >= 0.6 is 0 Å². The minimum atomic E-state index is -3.91. The second kappa shape index (κ2) is 12.1. The summed E-state index contributed by atoms with van der Waals surface area (Å²) in [4.78, 5) is 15.6. The van der Waals surface area contributed by atoms with Crippen molar-refractivity contribution in [3.05, 3.63) is 103 Å².